The molecule has 0 aliphatic carbocycles. The highest BCUT2D eigenvalue weighted by atomic mass is 32.2. The van der Waals surface area contributed by atoms with Crippen LogP contribution in [-0.4, -0.2) is 46.1 Å². The Morgan fingerprint density at radius 2 is 1.68 bits per heavy atom. The molecule has 0 saturated carbocycles. The van der Waals surface area contributed by atoms with E-state index in [0.29, 0.717) is 18.7 Å². The molecular weight excluding hydrogens is 454 g/mol. The average Bonchev–Trinajstić information content (AvgIpc) is 2.78. The second-order valence-electron chi connectivity index (χ2n) is 8.95. The molecule has 9 heteroatoms. The Morgan fingerprint density at radius 1 is 1.09 bits per heavy atom. The predicted molar refractivity (Wildman–Crippen MR) is 135 cm³/mol. The average molecular weight is 488 g/mol. The van der Waals surface area contributed by atoms with Crippen molar-refractivity contribution in [3.05, 3.63) is 69.8 Å². The number of carbonyl (C=O) groups is 2. The van der Waals surface area contributed by atoms with E-state index in [-0.39, 0.29) is 23.3 Å². The predicted octanol–water partition coefficient (Wildman–Crippen LogP) is 4.56. The maximum Gasteiger partial charge on any atom is 0.269 e. The van der Waals surface area contributed by atoms with Crippen LogP contribution in [0, 0.1) is 10.1 Å². The summed E-state index contributed by atoms with van der Waals surface area (Å²) in [5, 5.41) is 13.8. The van der Waals surface area contributed by atoms with E-state index in [1.54, 1.807) is 24.1 Å². The lowest BCUT2D eigenvalue weighted by atomic mass is 10.1. The first-order chi connectivity index (χ1) is 16.0. The molecule has 2 rings (SSSR count). The molecule has 0 saturated heterocycles. The fourth-order valence-electron chi connectivity index (χ4n) is 3.35. The molecule has 1 unspecified atom stereocenters. The fourth-order valence-corrected chi connectivity index (χ4v) is 4.22. The lowest BCUT2D eigenvalue weighted by Crippen LogP contribution is -2.53. The number of ether oxygens (including phenoxy) is 1. The Hall–Kier alpha value is -3.07. The van der Waals surface area contributed by atoms with Gasteiger partial charge in [0.15, 0.2) is 0 Å². The number of nitro benzene ring substituents is 1. The normalized spacial score (nSPS) is 12.0. The zero-order valence-corrected chi connectivity index (χ0v) is 21.2. The number of carbonyl (C=O) groups excluding carboxylic acids is 2. The number of thioether (sulfide) groups is 1. The summed E-state index contributed by atoms with van der Waals surface area (Å²) in [6, 6.07) is 13.1. The number of nitrogens with zero attached hydrogens (tertiary/aromatic N) is 2. The van der Waals surface area contributed by atoms with Crippen molar-refractivity contribution in [3.8, 4) is 5.75 Å². The second kappa shape index (κ2) is 12.4. The van der Waals surface area contributed by atoms with Gasteiger partial charge in [-0.25, -0.2) is 0 Å². The number of non-ortho nitro benzene ring substituents is 1. The molecule has 8 nitrogen and oxygen atoms in total. The Kier molecular flexibility index (Phi) is 9.92. The van der Waals surface area contributed by atoms with Gasteiger partial charge >= 0.3 is 0 Å². The largest absolute Gasteiger partial charge is 0.497 e. The number of amides is 2. The summed E-state index contributed by atoms with van der Waals surface area (Å²) >= 11 is 1.41. The summed E-state index contributed by atoms with van der Waals surface area (Å²) in [6.45, 7) is 7.93. The molecule has 184 valence electrons. The molecule has 1 N–H and O–H groups in total. The van der Waals surface area contributed by atoms with Crippen LogP contribution in [0.25, 0.3) is 0 Å². The summed E-state index contributed by atoms with van der Waals surface area (Å²) in [5.74, 6) is 1.12. The standard InChI is InChI=1S/C25H33N3O5S/c1-6-22(24(30)26-25(2,3)4)27(15-18-9-13-21(33-5)14-10-18)23(29)17-34-16-19-7-11-20(12-8-19)28(31)32/h7-14,22H,6,15-17H2,1-5H3,(H,26,30). The monoisotopic (exact) mass is 487 g/mol. The van der Waals surface area contributed by atoms with Crippen molar-refractivity contribution in [2.45, 2.75) is 58.0 Å². The topological polar surface area (TPSA) is 102 Å². The van der Waals surface area contributed by atoms with Gasteiger partial charge in [0.25, 0.3) is 5.69 Å². The summed E-state index contributed by atoms with van der Waals surface area (Å²) in [5.41, 5.74) is 1.41. The van der Waals surface area contributed by atoms with Gasteiger partial charge in [-0.15, -0.1) is 11.8 Å². The van der Waals surface area contributed by atoms with E-state index in [1.165, 1.54) is 23.9 Å². The van der Waals surface area contributed by atoms with Crippen LogP contribution >= 0.6 is 11.8 Å². The molecule has 2 amide bonds. The molecular formula is C25H33N3O5S. The molecule has 2 aromatic carbocycles. The first kappa shape index (κ1) is 27.2. The van der Waals surface area contributed by atoms with Gasteiger partial charge in [0.2, 0.25) is 11.8 Å². The van der Waals surface area contributed by atoms with Crippen molar-refractivity contribution >= 4 is 29.3 Å². The highest BCUT2D eigenvalue weighted by Gasteiger charge is 2.30. The van der Waals surface area contributed by atoms with Crippen LogP contribution in [0.5, 0.6) is 5.75 Å². The van der Waals surface area contributed by atoms with Crippen molar-refractivity contribution in [2.24, 2.45) is 0 Å². The summed E-state index contributed by atoms with van der Waals surface area (Å²) in [4.78, 5) is 38.3. The maximum atomic E-state index is 13.3. The number of rotatable bonds is 11. The molecule has 0 radical (unpaired) electrons. The van der Waals surface area contributed by atoms with Crippen LogP contribution in [0.1, 0.15) is 45.2 Å². The van der Waals surface area contributed by atoms with E-state index in [1.807, 2.05) is 52.0 Å². The first-order valence-electron chi connectivity index (χ1n) is 11.1. The molecule has 0 aliphatic heterocycles. The Balaban J connectivity index is 2.14. The lowest BCUT2D eigenvalue weighted by molar-refractivity contribution is -0.384. The van der Waals surface area contributed by atoms with Crippen molar-refractivity contribution in [3.63, 3.8) is 0 Å². The highest BCUT2D eigenvalue weighted by Crippen LogP contribution is 2.20. The van der Waals surface area contributed by atoms with Crippen LogP contribution in [-0.2, 0) is 21.9 Å². The number of hydrogen-bond donors (Lipinski definition) is 1. The van der Waals surface area contributed by atoms with E-state index < -0.39 is 16.5 Å². The minimum Gasteiger partial charge on any atom is -0.497 e. The molecule has 0 heterocycles. The van der Waals surface area contributed by atoms with Gasteiger partial charge in [-0.1, -0.05) is 31.2 Å². The van der Waals surface area contributed by atoms with Gasteiger partial charge in [0.1, 0.15) is 11.8 Å². The van der Waals surface area contributed by atoms with E-state index in [4.69, 9.17) is 4.74 Å². The summed E-state index contributed by atoms with van der Waals surface area (Å²) in [6.07, 6.45) is 0.483. The molecule has 0 bridgehead atoms. The van der Waals surface area contributed by atoms with Gasteiger partial charge in [0.05, 0.1) is 17.8 Å². The Bertz CT molecular complexity index is 972. The van der Waals surface area contributed by atoms with Crippen LogP contribution < -0.4 is 10.1 Å². The third-order valence-corrected chi connectivity index (χ3v) is 6.03. The number of hydrogen-bond acceptors (Lipinski definition) is 6. The van der Waals surface area contributed by atoms with Crippen molar-refractivity contribution in [2.75, 3.05) is 12.9 Å². The number of methoxy groups -OCH3 is 1. The summed E-state index contributed by atoms with van der Waals surface area (Å²) in [7, 11) is 1.59. The minimum atomic E-state index is -0.603. The Labute approximate surface area is 205 Å². The van der Waals surface area contributed by atoms with Crippen LogP contribution in [0.15, 0.2) is 48.5 Å². The quantitative estimate of drug-likeness (QED) is 0.368. The van der Waals surface area contributed by atoms with E-state index in [9.17, 15) is 19.7 Å². The molecule has 34 heavy (non-hydrogen) atoms. The molecule has 0 aliphatic rings. The van der Waals surface area contributed by atoms with E-state index >= 15 is 0 Å². The highest BCUT2D eigenvalue weighted by molar-refractivity contribution is 7.99. The van der Waals surface area contributed by atoms with Crippen LogP contribution in [0.2, 0.25) is 0 Å². The van der Waals surface area contributed by atoms with Gasteiger partial charge in [-0.05, 0) is 50.5 Å². The third-order valence-electron chi connectivity index (χ3n) is 5.04. The van der Waals surface area contributed by atoms with Crippen molar-refractivity contribution in [1.82, 2.24) is 10.2 Å². The third kappa shape index (κ3) is 8.37. The number of nitrogens with one attached hydrogen (secondary N) is 1. The lowest BCUT2D eigenvalue weighted by Gasteiger charge is -2.33. The second-order valence-corrected chi connectivity index (χ2v) is 9.93. The SMILES string of the molecule is CCC(C(=O)NC(C)(C)C)N(Cc1ccc(OC)cc1)C(=O)CSCc1ccc([N+](=O)[O-])cc1. The Morgan fingerprint density at radius 3 is 2.18 bits per heavy atom. The van der Waals surface area contributed by atoms with E-state index in [0.717, 1.165) is 16.9 Å². The van der Waals surface area contributed by atoms with Gasteiger partial charge in [-0.2, -0.15) is 0 Å². The fraction of sp³-hybridized carbons (Fsp3) is 0.440. The molecule has 0 fully saturated rings. The van der Waals surface area contributed by atoms with Gasteiger partial charge in [-0.3, -0.25) is 19.7 Å². The minimum absolute atomic E-state index is 0.0335. The zero-order valence-electron chi connectivity index (χ0n) is 20.4. The van der Waals surface area contributed by atoms with Crippen molar-refractivity contribution in [1.29, 1.82) is 0 Å². The number of nitro groups is 1. The molecule has 2 aromatic rings. The zero-order chi connectivity index (χ0) is 25.3. The smallest absolute Gasteiger partial charge is 0.269 e. The van der Waals surface area contributed by atoms with Gasteiger partial charge in [0, 0.05) is 30.0 Å². The molecule has 0 aromatic heterocycles. The number of benzene rings is 2. The van der Waals surface area contributed by atoms with Crippen LogP contribution in [0.4, 0.5) is 5.69 Å². The molecule has 1 atom stereocenters. The van der Waals surface area contributed by atoms with E-state index in [2.05, 4.69) is 5.32 Å². The maximum absolute atomic E-state index is 13.3. The first-order valence-corrected chi connectivity index (χ1v) is 12.2. The van der Waals surface area contributed by atoms with Crippen LogP contribution in [0.3, 0.4) is 0 Å². The van der Waals surface area contributed by atoms with Gasteiger partial charge < -0.3 is 15.0 Å². The van der Waals surface area contributed by atoms with Crippen molar-refractivity contribution < 1.29 is 19.2 Å². The molecule has 0 spiro atoms. The summed E-state index contributed by atoms with van der Waals surface area (Å²) < 4.78 is 5.21.